The predicted octanol–water partition coefficient (Wildman–Crippen LogP) is 6.03. The van der Waals surface area contributed by atoms with Crippen molar-refractivity contribution in [1.82, 2.24) is 0 Å². The third kappa shape index (κ3) is 5.14. The van der Waals surface area contributed by atoms with Gasteiger partial charge in [0.2, 0.25) is 0 Å². The van der Waals surface area contributed by atoms with E-state index in [0.717, 1.165) is 18.4 Å². The molecule has 0 amide bonds. The summed E-state index contributed by atoms with van der Waals surface area (Å²) >= 11 is 0. The van der Waals surface area contributed by atoms with Gasteiger partial charge in [0, 0.05) is 11.1 Å². The predicted molar refractivity (Wildman–Crippen MR) is 116 cm³/mol. The number of carbonyl (C=O) groups excluding carboxylic acids is 2. The number of hydrogen-bond donors (Lipinski definition) is 0. The molecule has 4 atom stereocenters. The van der Waals surface area contributed by atoms with Crippen LogP contribution >= 0.6 is 0 Å². The number of rotatable bonds is 6. The van der Waals surface area contributed by atoms with Gasteiger partial charge in [-0.3, -0.25) is 9.59 Å². The van der Waals surface area contributed by atoms with Crippen molar-refractivity contribution in [3.8, 4) is 0 Å². The molecule has 1 aliphatic carbocycles. The Morgan fingerprint density at radius 2 is 1.62 bits per heavy atom. The summed E-state index contributed by atoms with van der Waals surface area (Å²) < 4.78 is 6.01. The first-order valence-electron chi connectivity index (χ1n) is 10.8. The van der Waals surface area contributed by atoms with Crippen LogP contribution in [-0.4, -0.2) is 17.9 Å². The molecule has 0 unspecified atom stereocenters. The lowest BCUT2D eigenvalue weighted by Gasteiger charge is -2.37. The van der Waals surface area contributed by atoms with Crippen molar-refractivity contribution < 1.29 is 14.3 Å². The molecule has 3 rings (SSSR count). The molecule has 1 saturated carbocycles. The standard InChI is InChI=1S/C26H32O3/c1-17(2)23-14-13-18(3)15-24(23)29-26(28)19(4)21-11-8-12-22(16-21)25(27)20-9-6-5-7-10-20/h5-12,16-19,23-24H,13-15H2,1-4H3/t18-,19+,23+,24-/m1/s1. The third-order valence-corrected chi connectivity index (χ3v) is 6.27. The number of ketones is 1. The number of carbonyl (C=O) groups is 2. The van der Waals surface area contributed by atoms with Crippen LogP contribution in [-0.2, 0) is 9.53 Å². The summed E-state index contributed by atoms with van der Waals surface area (Å²) in [6.07, 6.45) is 3.25. The normalized spacial score (nSPS) is 22.9. The fourth-order valence-electron chi connectivity index (χ4n) is 4.34. The number of esters is 1. The lowest BCUT2D eigenvalue weighted by Crippen LogP contribution is -2.36. The summed E-state index contributed by atoms with van der Waals surface area (Å²) in [5, 5.41) is 0. The van der Waals surface area contributed by atoms with Crippen LogP contribution in [0, 0.1) is 17.8 Å². The summed E-state index contributed by atoms with van der Waals surface area (Å²) in [5.74, 6) is 0.886. The first-order chi connectivity index (χ1) is 13.9. The van der Waals surface area contributed by atoms with Crippen LogP contribution in [0.15, 0.2) is 54.6 Å². The van der Waals surface area contributed by atoms with E-state index >= 15 is 0 Å². The highest BCUT2D eigenvalue weighted by molar-refractivity contribution is 6.09. The number of benzene rings is 2. The first-order valence-corrected chi connectivity index (χ1v) is 10.8. The van der Waals surface area contributed by atoms with E-state index in [2.05, 4.69) is 20.8 Å². The summed E-state index contributed by atoms with van der Waals surface area (Å²) in [6, 6.07) is 16.6. The van der Waals surface area contributed by atoms with E-state index in [-0.39, 0.29) is 17.9 Å². The molecule has 154 valence electrons. The fourth-order valence-corrected chi connectivity index (χ4v) is 4.34. The fraction of sp³-hybridized carbons (Fsp3) is 0.462. The third-order valence-electron chi connectivity index (χ3n) is 6.27. The van der Waals surface area contributed by atoms with E-state index in [1.807, 2.05) is 55.5 Å². The molecule has 0 N–H and O–H groups in total. The van der Waals surface area contributed by atoms with Crippen molar-refractivity contribution in [2.45, 2.75) is 59.0 Å². The van der Waals surface area contributed by atoms with Gasteiger partial charge in [-0.2, -0.15) is 0 Å². The van der Waals surface area contributed by atoms with E-state index in [4.69, 9.17) is 4.74 Å². The monoisotopic (exact) mass is 392 g/mol. The Kier molecular flexibility index (Phi) is 6.89. The van der Waals surface area contributed by atoms with Gasteiger partial charge in [-0.1, -0.05) is 75.7 Å². The van der Waals surface area contributed by atoms with Crippen LogP contribution in [0.2, 0.25) is 0 Å². The Labute approximate surface area is 174 Å². The van der Waals surface area contributed by atoms with Crippen LogP contribution in [0.5, 0.6) is 0 Å². The van der Waals surface area contributed by atoms with Crippen LogP contribution in [0.4, 0.5) is 0 Å². The second kappa shape index (κ2) is 9.39. The maximum atomic E-state index is 12.9. The van der Waals surface area contributed by atoms with Crippen molar-refractivity contribution in [1.29, 1.82) is 0 Å². The average Bonchev–Trinajstić information content (AvgIpc) is 2.73. The topological polar surface area (TPSA) is 43.4 Å². The van der Waals surface area contributed by atoms with Crippen LogP contribution in [0.3, 0.4) is 0 Å². The number of ether oxygens (including phenoxy) is 1. The quantitative estimate of drug-likeness (QED) is 0.446. The molecule has 0 aromatic heterocycles. The zero-order valence-electron chi connectivity index (χ0n) is 17.9. The van der Waals surface area contributed by atoms with Crippen LogP contribution in [0.1, 0.15) is 74.4 Å². The molecular weight excluding hydrogens is 360 g/mol. The van der Waals surface area contributed by atoms with E-state index in [1.54, 1.807) is 6.07 Å². The first kappa shape index (κ1) is 21.3. The summed E-state index contributed by atoms with van der Waals surface area (Å²) in [7, 11) is 0. The van der Waals surface area contributed by atoms with Gasteiger partial charge in [0.15, 0.2) is 5.78 Å². The van der Waals surface area contributed by atoms with E-state index in [9.17, 15) is 9.59 Å². The second-order valence-corrected chi connectivity index (χ2v) is 8.84. The lowest BCUT2D eigenvalue weighted by atomic mass is 9.75. The molecular formula is C26H32O3. The lowest BCUT2D eigenvalue weighted by molar-refractivity contribution is -0.157. The molecule has 0 heterocycles. The highest BCUT2D eigenvalue weighted by atomic mass is 16.5. The molecule has 2 aromatic rings. The molecule has 3 heteroatoms. The molecule has 0 bridgehead atoms. The molecule has 0 aliphatic heterocycles. The Morgan fingerprint density at radius 3 is 2.31 bits per heavy atom. The minimum Gasteiger partial charge on any atom is -0.462 e. The molecule has 0 saturated heterocycles. The van der Waals surface area contributed by atoms with Crippen molar-refractivity contribution in [2.75, 3.05) is 0 Å². The molecule has 2 aromatic carbocycles. The molecule has 3 nitrogen and oxygen atoms in total. The van der Waals surface area contributed by atoms with Gasteiger partial charge in [-0.05, 0) is 49.1 Å². The van der Waals surface area contributed by atoms with E-state index in [0.29, 0.717) is 28.9 Å². The molecule has 1 fully saturated rings. The van der Waals surface area contributed by atoms with Gasteiger partial charge in [0.1, 0.15) is 6.10 Å². The van der Waals surface area contributed by atoms with Gasteiger partial charge in [-0.25, -0.2) is 0 Å². The van der Waals surface area contributed by atoms with Crippen molar-refractivity contribution >= 4 is 11.8 Å². The van der Waals surface area contributed by atoms with Gasteiger partial charge in [-0.15, -0.1) is 0 Å². The number of hydrogen-bond acceptors (Lipinski definition) is 3. The Bertz CT molecular complexity index is 840. The average molecular weight is 393 g/mol. The van der Waals surface area contributed by atoms with Crippen molar-refractivity contribution in [2.24, 2.45) is 17.8 Å². The van der Waals surface area contributed by atoms with Gasteiger partial charge in [0.25, 0.3) is 0 Å². The zero-order chi connectivity index (χ0) is 21.0. The summed E-state index contributed by atoms with van der Waals surface area (Å²) in [6.45, 7) is 8.53. The minimum atomic E-state index is -0.399. The smallest absolute Gasteiger partial charge is 0.313 e. The largest absolute Gasteiger partial charge is 0.462 e. The minimum absolute atomic E-state index is 0.0113. The highest BCUT2D eigenvalue weighted by Crippen LogP contribution is 2.36. The van der Waals surface area contributed by atoms with Crippen LogP contribution in [0.25, 0.3) is 0 Å². The highest BCUT2D eigenvalue weighted by Gasteiger charge is 2.34. The maximum Gasteiger partial charge on any atom is 0.313 e. The SMILES string of the molecule is CC(C)[C@@H]1CC[C@@H](C)C[C@H]1OC(=O)[C@@H](C)c1cccc(C(=O)c2ccccc2)c1. The molecule has 0 spiro atoms. The maximum absolute atomic E-state index is 12.9. The molecule has 0 radical (unpaired) electrons. The van der Waals surface area contributed by atoms with Gasteiger partial charge >= 0.3 is 5.97 Å². The Balaban J connectivity index is 1.73. The summed E-state index contributed by atoms with van der Waals surface area (Å²) in [5.41, 5.74) is 2.07. The van der Waals surface area contributed by atoms with Crippen molar-refractivity contribution in [3.63, 3.8) is 0 Å². The van der Waals surface area contributed by atoms with Crippen LogP contribution < -0.4 is 0 Å². The van der Waals surface area contributed by atoms with Crippen molar-refractivity contribution in [3.05, 3.63) is 71.3 Å². The molecule has 29 heavy (non-hydrogen) atoms. The van der Waals surface area contributed by atoms with E-state index in [1.165, 1.54) is 6.42 Å². The van der Waals surface area contributed by atoms with Gasteiger partial charge in [0.05, 0.1) is 5.92 Å². The zero-order valence-corrected chi connectivity index (χ0v) is 17.9. The Morgan fingerprint density at radius 1 is 0.931 bits per heavy atom. The second-order valence-electron chi connectivity index (χ2n) is 8.84. The van der Waals surface area contributed by atoms with E-state index < -0.39 is 5.92 Å². The summed E-state index contributed by atoms with van der Waals surface area (Å²) in [4.78, 5) is 25.7. The molecule has 1 aliphatic rings. The van der Waals surface area contributed by atoms with Gasteiger partial charge < -0.3 is 4.74 Å². The Hall–Kier alpha value is -2.42.